The van der Waals surface area contributed by atoms with E-state index in [1.54, 1.807) is 19.3 Å². The van der Waals surface area contributed by atoms with Gasteiger partial charge in [-0.05, 0) is 31.0 Å². The van der Waals surface area contributed by atoms with Gasteiger partial charge in [-0.25, -0.2) is 4.98 Å². The van der Waals surface area contributed by atoms with E-state index in [0.717, 1.165) is 18.2 Å². The number of ether oxygens (including phenoxy) is 1. The molecule has 1 N–H and O–H groups in total. The van der Waals surface area contributed by atoms with Gasteiger partial charge in [-0.2, -0.15) is 4.98 Å². The van der Waals surface area contributed by atoms with Crippen molar-refractivity contribution in [3.8, 4) is 11.5 Å². The second-order valence-corrected chi connectivity index (χ2v) is 6.39. The topological polar surface area (TPSA) is 69.0 Å². The third-order valence-corrected chi connectivity index (χ3v) is 4.58. The molecule has 1 aliphatic carbocycles. The first-order valence-electron chi connectivity index (χ1n) is 8.57. The monoisotopic (exact) mass is 336 g/mol. The molecule has 3 aromatic rings. The molecule has 0 saturated heterocycles. The van der Waals surface area contributed by atoms with E-state index < -0.39 is 0 Å². The van der Waals surface area contributed by atoms with Crippen molar-refractivity contribution in [1.29, 1.82) is 0 Å². The molecule has 0 atom stereocenters. The summed E-state index contributed by atoms with van der Waals surface area (Å²) < 4.78 is 7.24. The first-order valence-corrected chi connectivity index (χ1v) is 8.57. The minimum atomic E-state index is -0.220. The van der Waals surface area contributed by atoms with Gasteiger partial charge in [0.1, 0.15) is 11.4 Å². The van der Waals surface area contributed by atoms with Gasteiger partial charge >= 0.3 is 0 Å². The largest absolute Gasteiger partial charge is 0.452 e. The summed E-state index contributed by atoms with van der Waals surface area (Å²) in [5, 5.41) is 4.13. The Morgan fingerprint density at radius 2 is 1.96 bits per heavy atom. The molecule has 25 heavy (non-hydrogen) atoms. The number of aromatic nitrogens is 3. The smallest absolute Gasteiger partial charge is 0.294 e. The Morgan fingerprint density at radius 3 is 2.72 bits per heavy atom. The van der Waals surface area contributed by atoms with Crippen LogP contribution in [-0.4, -0.2) is 20.6 Å². The highest BCUT2D eigenvalue weighted by molar-refractivity contribution is 5.76. The van der Waals surface area contributed by atoms with Crippen LogP contribution in [0.4, 0.5) is 5.95 Å². The standard InChI is InChI=1S/C19H20N4O2/c1-23-17-13(12-20-19(22-17)21-14-7-5-6-8-14)11-16(18(23)24)25-15-9-3-2-4-10-15/h2-4,9-12,14H,5-8H2,1H3,(H,20,21,22). The summed E-state index contributed by atoms with van der Waals surface area (Å²) in [4.78, 5) is 21.5. The third kappa shape index (κ3) is 3.20. The van der Waals surface area contributed by atoms with Crippen LogP contribution in [0.2, 0.25) is 0 Å². The minimum absolute atomic E-state index is 0.220. The summed E-state index contributed by atoms with van der Waals surface area (Å²) in [7, 11) is 1.70. The van der Waals surface area contributed by atoms with Gasteiger partial charge in [-0.3, -0.25) is 9.36 Å². The van der Waals surface area contributed by atoms with Crippen molar-refractivity contribution < 1.29 is 4.74 Å². The average Bonchev–Trinajstić information content (AvgIpc) is 3.14. The first kappa shape index (κ1) is 15.6. The molecular weight excluding hydrogens is 316 g/mol. The molecule has 0 spiro atoms. The van der Waals surface area contributed by atoms with Crippen molar-refractivity contribution >= 4 is 17.0 Å². The van der Waals surface area contributed by atoms with E-state index in [0.29, 0.717) is 23.4 Å². The number of para-hydroxylation sites is 1. The zero-order chi connectivity index (χ0) is 17.2. The first-order chi connectivity index (χ1) is 12.2. The van der Waals surface area contributed by atoms with Gasteiger partial charge in [0.15, 0.2) is 5.75 Å². The minimum Gasteiger partial charge on any atom is -0.452 e. The van der Waals surface area contributed by atoms with Crippen LogP contribution in [0.1, 0.15) is 25.7 Å². The lowest BCUT2D eigenvalue weighted by atomic mass is 10.2. The summed E-state index contributed by atoms with van der Waals surface area (Å²) in [6.45, 7) is 0. The van der Waals surface area contributed by atoms with Crippen molar-refractivity contribution in [3.05, 3.63) is 52.9 Å². The zero-order valence-corrected chi connectivity index (χ0v) is 14.1. The van der Waals surface area contributed by atoms with Gasteiger partial charge in [-0.1, -0.05) is 31.0 Å². The van der Waals surface area contributed by atoms with E-state index in [4.69, 9.17) is 4.74 Å². The maximum absolute atomic E-state index is 12.6. The molecule has 0 radical (unpaired) electrons. The van der Waals surface area contributed by atoms with Gasteiger partial charge in [0.05, 0.1) is 0 Å². The highest BCUT2D eigenvalue weighted by Gasteiger charge is 2.17. The molecule has 6 nitrogen and oxygen atoms in total. The highest BCUT2D eigenvalue weighted by Crippen LogP contribution is 2.23. The number of nitrogens with zero attached hydrogens (tertiary/aromatic N) is 3. The average molecular weight is 336 g/mol. The molecule has 1 aliphatic rings. The van der Waals surface area contributed by atoms with Crippen molar-refractivity contribution in [2.45, 2.75) is 31.7 Å². The van der Waals surface area contributed by atoms with Crippen molar-refractivity contribution in [2.75, 3.05) is 5.32 Å². The van der Waals surface area contributed by atoms with E-state index in [1.807, 2.05) is 30.3 Å². The highest BCUT2D eigenvalue weighted by atomic mass is 16.5. The summed E-state index contributed by atoms with van der Waals surface area (Å²) >= 11 is 0. The summed E-state index contributed by atoms with van der Waals surface area (Å²) in [6.07, 6.45) is 6.50. The quantitative estimate of drug-likeness (QED) is 0.790. The number of benzene rings is 1. The van der Waals surface area contributed by atoms with Crippen LogP contribution >= 0.6 is 0 Å². The molecule has 2 heterocycles. The van der Waals surface area contributed by atoms with Crippen LogP contribution in [0.3, 0.4) is 0 Å². The fraction of sp³-hybridized carbons (Fsp3) is 0.316. The number of aryl methyl sites for hydroxylation is 1. The van der Waals surface area contributed by atoms with E-state index in [9.17, 15) is 4.79 Å². The Labute approximate surface area is 145 Å². The number of nitrogens with one attached hydrogen (secondary N) is 1. The van der Waals surface area contributed by atoms with Crippen molar-refractivity contribution in [1.82, 2.24) is 14.5 Å². The maximum Gasteiger partial charge on any atom is 0.294 e. The molecule has 0 unspecified atom stereocenters. The molecule has 2 aromatic heterocycles. The number of pyridine rings is 1. The molecule has 128 valence electrons. The molecule has 1 saturated carbocycles. The SMILES string of the molecule is Cn1c(=O)c(Oc2ccccc2)cc2cnc(NC3CCCC3)nc21. The van der Waals surface area contributed by atoms with Crippen LogP contribution < -0.4 is 15.6 Å². The predicted octanol–water partition coefficient (Wildman–Crippen LogP) is 3.48. The Bertz CT molecular complexity index is 947. The van der Waals surface area contributed by atoms with Gasteiger partial charge in [0.25, 0.3) is 5.56 Å². The predicted molar refractivity (Wildman–Crippen MR) is 97.2 cm³/mol. The van der Waals surface area contributed by atoms with Gasteiger partial charge < -0.3 is 10.1 Å². The van der Waals surface area contributed by atoms with Crippen LogP contribution in [0, 0.1) is 0 Å². The van der Waals surface area contributed by atoms with Crippen LogP contribution in [0.25, 0.3) is 11.0 Å². The van der Waals surface area contributed by atoms with Crippen LogP contribution in [-0.2, 0) is 7.05 Å². The lowest BCUT2D eigenvalue weighted by molar-refractivity contribution is 0.471. The fourth-order valence-electron chi connectivity index (χ4n) is 3.23. The van der Waals surface area contributed by atoms with E-state index in [-0.39, 0.29) is 11.3 Å². The fourth-order valence-corrected chi connectivity index (χ4v) is 3.23. The van der Waals surface area contributed by atoms with E-state index >= 15 is 0 Å². The van der Waals surface area contributed by atoms with Gasteiger partial charge in [-0.15, -0.1) is 0 Å². The van der Waals surface area contributed by atoms with E-state index in [2.05, 4.69) is 15.3 Å². The lowest BCUT2D eigenvalue weighted by Crippen LogP contribution is -2.21. The number of rotatable bonds is 4. The maximum atomic E-state index is 12.6. The summed E-state index contributed by atoms with van der Waals surface area (Å²) in [5.74, 6) is 1.46. The number of anilines is 1. The van der Waals surface area contributed by atoms with Gasteiger partial charge in [0.2, 0.25) is 5.95 Å². The summed E-state index contributed by atoms with van der Waals surface area (Å²) in [6, 6.07) is 11.4. The molecule has 0 bridgehead atoms. The van der Waals surface area contributed by atoms with Crippen molar-refractivity contribution in [2.24, 2.45) is 7.05 Å². The molecule has 6 heteroatoms. The van der Waals surface area contributed by atoms with Crippen LogP contribution in [0.5, 0.6) is 11.5 Å². The normalized spacial score (nSPS) is 14.8. The lowest BCUT2D eigenvalue weighted by Gasteiger charge is -2.13. The molecule has 0 aliphatic heterocycles. The molecular formula is C19H20N4O2. The number of fused-ring (bicyclic) bond motifs is 1. The van der Waals surface area contributed by atoms with Gasteiger partial charge in [0, 0.05) is 24.7 Å². The molecule has 0 amide bonds. The Kier molecular flexibility index (Phi) is 4.09. The Hall–Kier alpha value is -2.89. The third-order valence-electron chi connectivity index (χ3n) is 4.58. The second kappa shape index (κ2) is 6.55. The Balaban J connectivity index is 1.68. The Morgan fingerprint density at radius 1 is 1.20 bits per heavy atom. The van der Waals surface area contributed by atoms with Crippen LogP contribution in [0.15, 0.2) is 47.4 Å². The number of hydrogen-bond donors (Lipinski definition) is 1. The van der Waals surface area contributed by atoms with Crippen molar-refractivity contribution in [3.63, 3.8) is 0 Å². The van der Waals surface area contributed by atoms with E-state index in [1.165, 1.54) is 17.4 Å². The molecule has 1 fully saturated rings. The molecule has 4 rings (SSSR count). The second-order valence-electron chi connectivity index (χ2n) is 6.39. The number of hydrogen-bond acceptors (Lipinski definition) is 5. The molecule has 1 aromatic carbocycles. The zero-order valence-electron chi connectivity index (χ0n) is 14.1. The summed E-state index contributed by atoms with van der Waals surface area (Å²) in [5.41, 5.74) is 0.378.